The van der Waals surface area contributed by atoms with Crippen LogP contribution in [0.2, 0.25) is 0 Å². The van der Waals surface area contributed by atoms with Crippen LogP contribution >= 0.6 is 0 Å². The van der Waals surface area contributed by atoms with E-state index in [9.17, 15) is 9.59 Å². The average molecular weight is 269 g/mol. The summed E-state index contributed by atoms with van der Waals surface area (Å²) >= 11 is 0. The van der Waals surface area contributed by atoms with Crippen LogP contribution < -0.4 is 10.6 Å². The van der Waals surface area contributed by atoms with Gasteiger partial charge in [-0.2, -0.15) is 0 Å². The van der Waals surface area contributed by atoms with Crippen LogP contribution in [0.4, 0.5) is 4.79 Å². The largest absolute Gasteiger partial charge is 0.370 e. The van der Waals surface area contributed by atoms with E-state index in [0.717, 1.165) is 12.8 Å². The molecule has 1 saturated heterocycles. The highest BCUT2D eigenvalue weighted by Crippen LogP contribution is 2.20. The summed E-state index contributed by atoms with van der Waals surface area (Å²) in [6.07, 6.45) is 2.12. The number of morpholine rings is 1. The van der Waals surface area contributed by atoms with E-state index in [-0.39, 0.29) is 36.2 Å². The van der Waals surface area contributed by atoms with Crippen LogP contribution in [0.15, 0.2) is 0 Å². The standard InChI is InChI=1S/C13H23N3O3/c1-9-6-16(8-13(2,3)19-9)7-11(17)15-12(18)14-10-4-5-10/h9-10H,4-8H2,1-3H3,(H2,14,15,17,18)/t9-/m1/s1. The number of rotatable bonds is 3. The Morgan fingerprint density at radius 1 is 1.37 bits per heavy atom. The van der Waals surface area contributed by atoms with Gasteiger partial charge in [0.05, 0.1) is 18.2 Å². The molecular formula is C13H23N3O3. The van der Waals surface area contributed by atoms with E-state index >= 15 is 0 Å². The van der Waals surface area contributed by atoms with E-state index in [1.165, 1.54) is 0 Å². The molecule has 0 radical (unpaired) electrons. The highest BCUT2D eigenvalue weighted by atomic mass is 16.5. The molecule has 0 unspecified atom stereocenters. The van der Waals surface area contributed by atoms with Crippen molar-refractivity contribution in [3.63, 3.8) is 0 Å². The minimum Gasteiger partial charge on any atom is -0.370 e. The number of amides is 3. The molecule has 1 heterocycles. The molecule has 2 aliphatic rings. The van der Waals surface area contributed by atoms with Gasteiger partial charge in [0.1, 0.15) is 0 Å². The maximum atomic E-state index is 11.8. The van der Waals surface area contributed by atoms with Crippen molar-refractivity contribution in [1.82, 2.24) is 15.5 Å². The van der Waals surface area contributed by atoms with Crippen LogP contribution in [-0.2, 0) is 9.53 Å². The topological polar surface area (TPSA) is 70.7 Å². The maximum absolute atomic E-state index is 11.8. The Kier molecular flexibility index (Phi) is 4.10. The third kappa shape index (κ3) is 4.80. The molecule has 1 atom stereocenters. The Balaban J connectivity index is 1.76. The smallest absolute Gasteiger partial charge is 0.321 e. The van der Waals surface area contributed by atoms with Gasteiger partial charge in [-0.1, -0.05) is 0 Å². The van der Waals surface area contributed by atoms with Crippen molar-refractivity contribution >= 4 is 11.9 Å². The molecule has 0 aromatic heterocycles. The SMILES string of the molecule is C[C@@H]1CN(CC(=O)NC(=O)NC2CC2)CC(C)(C)O1. The van der Waals surface area contributed by atoms with E-state index in [1.807, 2.05) is 25.7 Å². The van der Waals surface area contributed by atoms with Crippen LogP contribution in [0, 0.1) is 0 Å². The molecule has 3 amide bonds. The Bertz CT molecular complexity index is 366. The fraction of sp³-hybridized carbons (Fsp3) is 0.846. The molecule has 6 nitrogen and oxygen atoms in total. The minimum absolute atomic E-state index is 0.0943. The monoisotopic (exact) mass is 269 g/mol. The molecule has 0 aromatic rings. The summed E-state index contributed by atoms with van der Waals surface area (Å²) in [6.45, 7) is 7.64. The van der Waals surface area contributed by atoms with Gasteiger partial charge in [0.15, 0.2) is 0 Å². The van der Waals surface area contributed by atoms with Crippen molar-refractivity contribution < 1.29 is 14.3 Å². The van der Waals surface area contributed by atoms with Crippen LogP contribution in [0.1, 0.15) is 33.6 Å². The fourth-order valence-electron chi connectivity index (χ4n) is 2.52. The lowest BCUT2D eigenvalue weighted by molar-refractivity contribution is -0.138. The predicted octanol–water partition coefficient (Wildman–Crippen LogP) is 0.474. The second kappa shape index (κ2) is 5.46. The van der Waals surface area contributed by atoms with Crippen molar-refractivity contribution in [2.75, 3.05) is 19.6 Å². The first-order valence-corrected chi connectivity index (χ1v) is 6.84. The number of urea groups is 1. The van der Waals surface area contributed by atoms with Gasteiger partial charge in [-0.25, -0.2) is 4.79 Å². The number of ether oxygens (including phenoxy) is 1. The third-order valence-electron chi connectivity index (χ3n) is 3.17. The molecule has 2 fully saturated rings. The van der Waals surface area contributed by atoms with E-state index in [1.54, 1.807) is 0 Å². The lowest BCUT2D eigenvalue weighted by Gasteiger charge is -2.41. The Morgan fingerprint density at radius 3 is 2.63 bits per heavy atom. The summed E-state index contributed by atoms with van der Waals surface area (Å²) in [4.78, 5) is 25.3. The zero-order valence-corrected chi connectivity index (χ0v) is 11.9. The number of nitrogens with one attached hydrogen (secondary N) is 2. The van der Waals surface area contributed by atoms with Gasteiger partial charge in [0.2, 0.25) is 5.91 Å². The fourth-order valence-corrected chi connectivity index (χ4v) is 2.52. The highest BCUT2D eigenvalue weighted by molar-refractivity contribution is 5.95. The van der Waals surface area contributed by atoms with Crippen molar-refractivity contribution in [3.8, 4) is 0 Å². The Morgan fingerprint density at radius 2 is 2.05 bits per heavy atom. The summed E-state index contributed by atoms with van der Waals surface area (Å²) in [5.41, 5.74) is -0.256. The number of carbonyl (C=O) groups excluding carboxylic acids is 2. The second-order valence-corrected chi connectivity index (χ2v) is 6.15. The first kappa shape index (κ1) is 14.3. The number of carbonyl (C=O) groups is 2. The molecule has 19 heavy (non-hydrogen) atoms. The second-order valence-electron chi connectivity index (χ2n) is 6.15. The van der Waals surface area contributed by atoms with Crippen LogP contribution in [0.3, 0.4) is 0 Å². The first-order valence-electron chi connectivity index (χ1n) is 6.84. The van der Waals surface area contributed by atoms with Gasteiger partial charge >= 0.3 is 6.03 Å². The first-order chi connectivity index (χ1) is 8.84. The van der Waals surface area contributed by atoms with E-state index in [4.69, 9.17) is 4.74 Å². The molecule has 108 valence electrons. The molecule has 0 aromatic carbocycles. The van der Waals surface area contributed by atoms with E-state index in [2.05, 4.69) is 10.6 Å². The quantitative estimate of drug-likeness (QED) is 0.781. The van der Waals surface area contributed by atoms with Gasteiger partial charge in [0.25, 0.3) is 0 Å². The lowest BCUT2D eigenvalue weighted by atomic mass is 10.1. The van der Waals surface area contributed by atoms with Crippen molar-refractivity contribution in [1.29, 1.82) is 0 Å². The molecule has 1 aliphatic carbocycles. The Labute approximate surface area is 113 Å². The predicted molar refractivity (Wildman–Crippen MR) is 70.8 cm³/mol. The van der Waals surface area contributed by atoms with Gasteiger partial charge in [-0.3, -0.25) is 15.0 Å². The number of imide groups is 1. The zero-order chi connectivity index (χ0) is 14.0. The van der Waals surface area contributed by atoms with Crippen LogP contribution in [0.25, 0.3) is 0 Å². The van der Waals surface area contributed by atoms with Gasteiger partial charge in [0, 0.05) is 19.1 Å². The van der Waals surface area contributed by atoms with E-state index in [0.29, 0.717) is 13.1 Å². The normalized spacial score (nSPS) is 26.8. The average Bonchev–Trinajstić information content (AvgIpc) is 2.96. The van der Waals surface area contributed by atoms with Crippen molar-refractivity contribution in [2.45, 2.75) is 51.4 Å². The molecule has 2 rings (SSSR count). The molecule has 1 aliphatic heterocycles. The van der Waals surface area contributed by atoms with Gasteiger partial charge in [-0.05, 0) is 33.6 Å². The van der Waals surface area contributed by atoms with E-state index < -0.39 is 0 Å². The van der Waals surface area contributed by atoms with Crippen LogP contribution in [-0.4, -0.2) is 54.2 Å². The molecule has 0 bridgehead atoms. The van der Waals surface area contributed by atoms with Gasteiger partial charge in [-0.15, -0.1) is 0 Å². The Hall–Kier alpha value is -1.14. The summed E-state index contributed by atoms with van der Waals surface area (Å²) in [5, 5.41) is 5.10. The molecule has 6 heteroatoms. The zero-order valence-electron chi connectivity index (χ0n) is 11.9. The van der Waals surface area contributed by atoms with Crippen LogP contribution in [0.5, 0.6) is 0 Å². The third-order valence-corrected chi connectivity index (χ3v) is 3.17. The highest BCUT2D eigenvalue weighted by Gasteiger charge is 2.32. The molecule has 0 spiro atoms. The van der Waals surface area contributed by atoms with Crippen molar-refractivity contribution in [3.05, 3.63) is 0 Å². The molecular weight excluding hydrogens is 246 g/mol. The summed E-state index contributed by atoms with van der Waals surface area (Å²) in [7, 11) is 0. The minimum atomic E-state index is -0.381. The molecule has 2 N–H and O–H groups in total. The number of hydrogen-bond acceptors (Lipinski definition) is 4. The maximum Gasteiger partial charge on any atom is 0.321 e. The van der Waals surface area contributed by atoms with Gasteiger partial charge < -0.3 is 10.1 Å². The number of nitrogens with zero attached hydrogens (tertiary/aromatic N) is 1. The molecule has 1 saturated carbocycles. The summed E-state index contributed by atoms with van der Waals surface area (Å²) in [6, 6.07) is -0.122. The summed E-state index contributed by atoms with van der Waals surface area (Å²) < 4.78 is 5.77. The lowest BCUT2D eigenvalue weighted by Crippen LogP contribution is -2.55. The van der Waals surface area contributed by atoms with Crippen molar-refractivity contribution in [2.24, 2.45) is 0 Å². The summed E-state index contributed by atoms with van der Waals surface area (Å²) in [5.74, 6) is -0.261. The number of hydrogen-bond donors (Lipinski definition) is 2.